The number of hydrogen-bond donors (Lipinski definition) is 3. The van der Waals surface area contributed by atoms with E-state index in [1.165, 1.54) is 0 Å². The van der Waals surface area contributed by atoms with E-state index in [1.54, 1.807) is 0 Å². The molecular formula is C7H7BrN4. The molecule has 0 aliphatic carbocycles. The number of nitrogens with zero attached hydrogens (tertiary/aromatic N) is 1. The molecular weight excluding hydrogens is 220 g/mol. The SMILES string of the molecule is Nc1nc(-c2ccc[nH]2)c(Br)[nH]1. The molecule has 0 spiro atoms. The highest BCUT2D eigenvalue weighted by Crippen LogP contribution is 2.24. The normalized spacial score (nSPS) is 10.4. The summed E-state index contributed by atoms with van der Waals surface area (Å²) in [6.07, 6.45) is 1.84. The van der Waals surface area contributed by atoms with E-state index >= 15 is 0 Å². The molecule has 0 amide bonds. The second-order valence-electron chi connectivity index (χ2n) is 2.37. The quantitative estimate of drug-likeness (QED) is 0.694. The Morgan fingerprint density at radius 1 is 1.50 bits per heavy atom. The number of nitrogen functional groups attached to an aromatic ring is 1. The van der Waals surface area contributed by atoms with Gasteiger partial charge in [-0.15, -0.1) is 0 Å². The summed E-state index contributed by atoms with van der Waals surface area (Å²) in [5, 5.41) is 0. The Morgan fingerprint density at radius 3 is 2.83 bits per heavy atom. The molecule has 0 saturated heterocycles. The minimum absolute atomic E-state index is 0.409. The van der Waals surface area contributed by atoms with Gasteiger partial charge in [0.15, 0.2) is 5.95 Å². The van der Waals surface area contributed by atoms with Gasteiger partial charge in [-0.2, -0.15) is 0 Å². The number of anilines is 1. The van der Waals surface area contributed by atoms with Crippen LogP contribution in [0, 0.1) is 0 Å². The van der Waals surface area contributed by atoms with Gasteiger partial charge in [-0.3, -0.25) is 0 Å². The molecule has 0 aromatic carbocycles. The summed E-state index contributed by atoms with van der Waals surface area (Å²) in [4.78, 5) is 10.00. The Morgan fingerprint density at radius 2 is 2.33 bits per heavy atom. The van der Waals surface area contributed by atoms with Crippen molar-refractivity contribution in [2.75, 3.05) is 5.73 Å². The maximum Gasteiger partial charge on any atom is 0.198 e. The van der Waals surface area contributed by atoms with Gasteiger partial charge in [0, 0.05) is 6.20 Å². The fourth-order valence-corrected chi connectivity index (χ4v) is 1.53. The van der Waals surface area contributed by atoms with Crippen molar-refractivity contribution in [3.05, 3.63) is 22.9 Å². The van der Waals surface area contributed by atoms with Crippen LogP contribution in [0.25, 0.3) is 11.4 Å². The van der Waals surface area contributed by atoms with E-state index in [-0.39, 0.29) is 0 Å². The first-order chi connectivity index (χ1) is 5.77. The van der Waals surface area contributed by atoms with Gasteiger partial charge in [-0.05, 0) is 28.1 Å². The fourth-order valence-electron chi connectivity index (χ4n) is 1.03. The van der Waals surface area contributed by atoms with Crippen LogP contribution in [0.15, 0.2) is 22.9 Å². The van der Waals surface area contributed by atoms with E-state index in [0.717, 1.165) is 16.0 Å². The predicted octanol–water partition coefficient (Wildman–Crippen LogP) is 1.75. The van der Waals surface area contributed by atoms with Crippen LogP contribution in [-0.2, 0) is 0 Å². The molecule has 0 bridgehead atoms. The van der Waals surface area contributed by atoms with E-state index in [4.69, 9.17) is 5.73 Å². The second kappa shape index (κ2) is 2.67. The Kier molecular flexibility index (Phi) is 1.65. The van der Waals surface area contributed by atoms with Gasteiger partial charge in [0.1, 0.15) is 10.3 Å². The Hall–Kier alpha value is -1.23. The summed E-state index contributed by atoms with van der Waals surface area (Å²) in [5.74, 6) is 0.409. The Labute approximate surface area is 77.3 Å². The van der Waals surface area contributed by atoms with E-state index in [0.29, 0.717) is 5.95 Å². The van der Waals surface area contributed by atoms with Crippen molar-refractivity contribution in [2.24, 2.45) is 0 Å². The number of nitrogens with two attached hydrogens (primary N) is 1. The number of rotatable bonds is 1. The summed E-state index contributed by atoms with van der Waals surface area (Å²) in [6, 6.07) is 3.84. The topological polar surface area (TPSA) is 70.5 Å². The molecule has 12 heavy (non-hydrogen) atoms. The van der Waals surface area contributed by atoms with Crippen molar-refractivity contribution in [3.8, 4) is 11.4 Å². The molecule has 0 aliphatic rings. The van der Waals surface area contributed by atoms with E-state index < -0.39 is 0 Å². The van der Waals surface area contributed by atoms with E-state index in [9.17, 15) is 0 Å². The molecule has 2 aromatic rings. The lowest BCUT2D eigenvalue weighted by molar-refractivity contribution is 1.31. The highest BCUT2D eigenvalue weighted by molar-refractivity contribution is 9.10. The van der Waals surface area contributed by atoms with Crippen LogP contribution in [0.3, 0.4) is 0 Å². The lowest BCUT2D eigenvalue weighted by Crippen LogP contribution is -1.85. The van der Waals surface area contributed by atoms with Gasteiger partial charge in [0.25, 0.3) is 0 Å². The summed E-state index contributed by atoms with van der Waals surface area (Å²) in [5.41, 5.74) is 7.22. The summed E-state index contributed by atoms with van der Waals surface area (Å²) < 4.78 is 0.794. The monoisotopic (exact) mass is 226 g/mol. The highest BCUT2D eigenvalue weighted by atomic mass is 79.9. The zero-order valence-corrected chi connectivity index (χ0v) is 7.72. The van der Waals surface area contributed by atoms with Crippen LogP contribution in [0.4, 0.5) is 5.95 Å². The third-order valence-electron chi connectivity index (χ3n) is 1.53. The number of nitrogens with one attached hydrogen (secondary N) is 2. The molecule has 2 aromatic heterocycles. The molecule has 2 heterocycles. The van der Waals surface area contributed by atoms with Crippen molar-refractivity contribution in [3.63, 3.8) is 0 Å². The highest BCUT2D eigenvalue weighted by Gasteiger charge is 2.07. The van der Waals surface area contributed by atoms with Gasteiger partial charge in [0.05, 0.1) is 5.69 Å². The van der Waals surface area contributed by atoms with Gasteiger partial charge < -0.3 is 15.7 Å². The van der Waals surface area contributed by atoms with Gasteiger partial charge in [-0.1, -0.05) is 0 Å². The zero-order chi connectivity index (χ0) is 8.55. The number of imidazole rings is 1. The third kappa shape index (κ3) is 1.12. The molecule has 5 heteroatoms. The maximum absolute atomic E-state index is 5.47. The first-order valence-corrected chi connectivity index (χ1v) is 4.21. The maximum atomic E-state index is 5.47. The van der Waals surface area contributed by atoms with Gasteiger partial charge >= 0.3 is 0 Å². The van der Waals surface area contributed by atoms with Crippen LogP contribution in [0.1, 0.15) is 0 Å². The van der Waals surface area contributed by atoms with Crippen molar-refractivity contribution >= 4 is 21.9 Å². The molecule has 4 nitrogen and oxygen atoms in total. The van der Waals surface area contributed by atoms with Crippen molar-refractivity contribution in [1.29, 1.82) is 0 Å². The Bertz CT molecular complexity index is 376. The van der Waals surface area contributed by atoms with Crippen LogP contribution < -0.4 is 5.73 Å². The third-order valence-corrected chi connectivity index (χ3v) is 2.10. The largest absolute Gasteiger partial charge is 0.369 e. The number of aromatic nitrogens is 3. The van der Waals surface area contributed by atoms with Crippen molar-refractivity contribution in [2.45, 2.75) is 0 Å². The Balaban J connectivity index is 2.54. The average molecular weight is 227 g/mol. The van der Waals surface area contributed by atoms with E-state index in [1.807, 2.05) is 18.3 Å². The van der Waals surface area contributed by atoms with Crippen LogP contribution in [-0.4, -0.2) is 15.0 Å². The second-order valence-corrected chi connectivity index (χ2v) is 3.16. The lowest BCUT2D eigenvalue weighted by Gasteiger charge is -1.89. The zero-order valence-electron chi connectivity index (χ0n) is 6.13. The van der Waals surface area contributed by atoms with Crippen LogP contribution in [0.2, 0.25) is 0 Å². The van der Waals surface area contributed by atoms with E-state index in [2.05, 4.69) is 30.9 Å². The van der Waals surface area contributed by atoms with Crippen molar-refractivity contribution < 1.29 is 0 Å². The molecule has 0 aliphatic heterocycles. The molecule has 0 unspecified atom stereocenters. The number of halogens is 1. The molecule has 0 atom stereocenters. The molecule has 0 radical (unpaired) electrons. The predicted molar refractivity (Wildman–Crippen MR) is 50.5 cm³/mol. The summed E-state index contributed by atoms with van der Waals surface area (Å²) in [7, 11) is 0. The fraction of sp³-hybridized carbons (Fsp3) is 0. The molecule has 2 rings (SSSR count). The standard InChI is InChI=1S/C7H7BrN4/c8-6-5(11-7(9)12-6)4-2-1-3-10-4/h1-3,10H,(H3,9,11,12). The first kappa shape index (κ1) is 7.42. The smallest absolute Gasteiger partial charge is 0.198 e. The van der Waals surface area contributed by atoms with Crippen LogP contribution >= 0.6 is 15.9 Å². The molecule has 0 fully saturated rings. The summed E-state index contributed by atoms with van der Waals surface area (Å²) >= 11 is 3.32. The number of aromatic amines is 2. The van der Waals surface area contributed by atoms with Gasteiger partial charge in [-0.25, -0.2) is 4.98 Å². The first-order valence-electron chi connectivity index (χ1n) is 3.42. The van der Waals surface area contributed by atoms with Crippen LogP contribution in [0.5, 0.6) is 0 Å². The van der Waals surface area contributed by atoms with Gasteiger partial charge in [0.2, 0.25) is 0 Å². The minimum atomic E-state index is 0.409. The lowest BCUT2D eigenvalue weighted by atomic mass is 10.3. The number of H-pyrrole nitrogens is 2. The summed E-state index contributed by atoms with van der Waals surface area (Å²) in [6.45, 7) is 0. The molecule has 0 saturated carbocycles. The number of hydrogen-bond acceptors (Lipinski definition) is 2. The minimum Gasteiger partial charge on any atom is -0.369 e. The average Bonchev–Trinajstić information content (AvgIpc) is 2.58. The molecule has 4 N–H and O–H groups in total. The van der Waals surface area contributed by atoms with Crippen molar-refractivity contribution in [1.82, 2.24) is 15.0 Å². The molecule has 62 valence electrons.